The van der Waals surface area contributed by atoms with Crippen molar-refractivity contribution in [3.05, 3.63) is 47.8 Å². The Morgan fingerprint density at radius 3 is 2.46 bits per heavy atom. The Morgan fingerprint density at radius 2 is 1.83 bits per heavy atom. The van der Waals surface area contributed by atoms with Gasteiger partial charge < -0.3 is 10.2 Å². The summed E-state index contributed by atoms with van der Waals surface area (Å²) in [5, 5.41) is 2.98. The molecule has 1 saturated heterocycles. The van der Waals surface area contributed by atoms with E-state index in [1.807, 2.05) is 4.90 Å². The van der Waals surface area contributed by atoms with Gasteiger partial charge in [-0.05, 0) is 55.9 Å². The van der Waals surface area contributed by atoms with Gasteiger partial charge in [0.25, 0.3) is 5.91 Å². The summed E-state index contributed by atoms with van der Waals surface area (Å²) in [5.74, 6) is 0.0783. The van der Waals surface area contributed by atoms with Crippen molar-refractivity contribution in [2.24, 2.45) is 5.92 Å². The first-order valence-electron chi connectivity index (χ1n) is 8.62. The molecule has 128 valence electrons. The molecular weight excluding hydrogens is 307 g/mol. The molecule has 0 spiro atoms. The van der Waals surface area contributed by atoms with E-state index >= 15 is 0 Å². The van der Waals surface area contributed by atoms with Crippen molar-refractivity contribution in [2.75, 3.05) is 13.1 Å². The highest BCUT2D eigenvalue weighted by atomic mass is 19.1. The van der Waals surface area contributed by atoms with Crippen LogP contribution in [0.1, 0.15) is 42.5 Å². The molecule has 0 unspecified atom stereocenters. The van der Waals surface area contributed by atoms with E-state index in [1.54, 1.807) is 0 Å². The Hall–Kier alpha value is -2.17. The molecule has 2 aliphatic rings. The summed E-state index contributed by atoms with van der Waals surface area (Å²) in [7, 11) is 0. The van der Waals surface area contributed by atoms with Crippen molar-refractivity contribution < 1.29 is 14.0 Å². The second-order valence-electron chi connectivity index (χ2n) is 6.61. The zero-order chi connectivity index (χ0) is 16.9. The highest BCUT2D eigenvalue weighted by Crippen LogP contribution is 2.22. The fraction of sp³-hybridized carbons (Fsp3) is 0.474. The third-order valence-corrected chi connectivity index (χ3v) is 4.84. The lowest BCUT2D eigenvalue weighted by atomic mass is 10.0. The van der Waals surface area contributed by atoms with Gasteiger partial charge in [0.1, 0.15) is 5.82 Å². The first-order chi connectivity index (χ1) is 11.6. The largest absolute Gasteiger partial charge is 0.349 e. The van der Waals surface area contributed by atoms with Gasteiger partial charge in [-0.15, -0.1) is 0 Å². The van der Waals surface area contributed by atoms with E-state index < -0.39 is 0 Å². The smallest absolute Gasteiger partial charge is 0.251 e. The van der Waals surface area contributed by atoms with Gasteiger partial charge >= 0.3 is 0 Å². The SMILES string of the molecule is O=C(NC1CCN(C(=O)C[C@H]2C=CCC2)CC1)c1ccc(F)cc1. The van der Waals surface area contributed by atoms with Gasteiger partial charge in [0.15, 0.2) is 0 Å². The number of hydrogen-bond acceptors (Lipinski definition) is 2. The van der Waals surface area contributed by atoms with E-state index in [0.717, 1.165) is 25.7 Å². The molecule has 1 atom stereocenters. The highest BCUT2D eigenvalue weighted by molar-refractivity contribution is 5.94. The van der Waals surface area contributed by atoms with E-state index in [9.17, 15) is 14.0 Å². The number of likely N-dealkylation sites (tertiary alicyclic amines) is 1. The third-order valence-electron chi connectivity index (χ3n) is 4.84. The molecule has 1 aromatic carbocycles. The minimum absolute atomic E-state index is 0.0676. The van der Waals surface area contributed by atoms with Crippen molar-refractivity contribution in [1.29, 1.82) is 0 Å². The van der Waals surface area contributed by atoms with Crippen LogP contribution in [0.3, 0.4) is 0 Å². The van der Waals surface area contributed by atoms with Gasteiger partial charge in [0.2, 0.25) is 5.91 Å². The number of halogens is 1. The van der Waals surface area contributed by atoms with Crippen molar-refractivity contribution in [1.82, 2.24) is 10.2 Å². The number of rotatable bonds is 4. The Labute approximate surface area is 141 Å². The van der Waals surface area contributed by atoms with Crippen LogP contribution in [0, 0.1) is 11.7 Å². The fourth-order valence-electron chi connectivity index (χ4n) is 3.36. The summed E-state index contributed by atoms with van der Waals surface area (Å²) >= 11 is 0. The molecule has 0 radical (unpaired) electrons. The maximum atomic E-state index is 12.9. The molecule has 1 aliphatic heterocycles. The van der Waals surface area contributed by atoms with Crippen molar-refractivity contribution >= 4 is 11.8 Å². The van der Waals surface area contributed by atoms with Crippen molar-refractivity contribution in [2.45, 2.75) is 38.1 Å². The predicted octanol–water partition coefficient (Wildman–Crippen LogP) is 2.90. The van der Waals surface area contributed by atoms with Crippen LogP contribution in [0.25, 0.3) is 0 Å². The number of allylic oxidation sites excluding steroid dienone is 2. The van der Waals surface area contributed by atoms with Gasteiger partial charge in [-0.3, -0.25) is 9.59 Å². The van der Waals surface area contributed by atoms with E-state index in [4.69, 9.17) is 0 Å². The monoisotopic (exact) mass is 330 g/mol. The summed E-state index contributed by atoms with van der Waals surface area (Å²) in [6.45, 7) is 1.37. The minimum atomic E-state index is -0.351. The van der Waals surface area contributed by atoms with Crippen LogP contribution in [-0.2, 0) is 4.79 Å². The van der Waals surface area contributed by atoms with Crippen molar-refractivity contribution in [3.63, 3.8) is 0 Å². The number of carbonyl (C=O) groups excluding carboxylic acids is 2. The Kier molecular flexibility index (Phi) is 5.28. The molecule has 3 rings (SSSR count). The second kappa shape index (κ2) is 7.60. The maximum Gasteiger partial charge on any atom is 0.251 e. The molecule has 1 aliphatic carbocycles. The number of carbonyl (C=O) groups is 2. The molecular formula is C19H23FN2O2. The number of piperidine rings is 1. The lowest BCUT2D eigenvalue weighted by molar-refractivity contribution is -0.132. The molecule has 0 bridgehead atoms. The summed E-state index contributed by atoms with van der Waals surface area (Å²) in [6, 6.07) is 5.61. The van der Waals surface area contributed by atoms with Crippen LogP contribution in [0.15, 0.2) is 36.4 Å². The van der Waals surface area contributed by atoms with E-state index in [-0.39, 0.29) is 23.7 Å². The van der Waals surface area contributed by atoms with Gasteiger partial charge in [0.05, 0.1) is 0 Å². The van der Waals surface area contributed by atoms with Gasteiger partial charge in [0, 0.05) is 31.1 Å². The Bertz CT molecular complexity index is 619. The molecule has 0 aromatic heterocycles. The number of hydrogen-bond donors (Lipinski definition) is 1. The molecule has 1 aromatic rings. The van der Waals surface area contributed by atoms with E-state index in [0.29, 0.717) is 31.0 Å². The summed E-state index contributed by atoms with van der Waals surface area (Å²) in [4.78, 5) is 26.4. The molecule has 2 amide bonds. The average molecular weight is 330 g/mol. The fourth-order valence-corrected chi connectivity index (χ4v) is 3.36. The third kappa shape index (κ3) is 4.22. The summed E-state index contributed by atoms with van der Waals surface area (Å²) in [6.07, 6.45) is 8.58. The van der Waals surface area contributed by atoms with Crippen LogP contribution in [-0.4, -0.2) is 35.8 Å². The lowest BCUT2D eigenvalue weighted by Crippen LogP contribution is -2.46. The van der Waals surface area contributed by atoms with Crippen LogP contribution >= 0.6 is 0 Å². The summed E-state index contributed by atoms with van der Waals surface area (Å²) < 4.78 is 12.9. The lowest BCUT2D eigenvalue weighted by Gasteiger charge is -2.33. The highest BCUT2D eigenvalue weighted by Gasteiger charge is 2.25. The van der Waals surface area contributed by atoms with Gasteiger partial charge in [-0.2, -0.15) is 0 Å². The molecule has 1 N–H and O–H groups in total. The molecule has 24 heavy (non-hydrogen) atoms. The van der Waals surface area contributed by atoms with Gasteiger partial charge in [-0.25, -0.2) is 4.39 Å². The minimum Gasteiger partial charge on any atom is -0.349 e. The number of nitrogens with one attached hydrogen (secondary N) is 1. The number of nitrogens with zero attached hydrogens (tertiary/aromatic N) is 1. The van der Waals surface area contributed by atoms with E-state index in [1.165, 1.54) is 24.3 Å². The standard InChI is InChI=1S/C19H23FN2O2/c20-16-7-5-15(6-8-16)19(24)21-17-9-11-22(12-10-17)18(23)13-14-3-1-2-4-14/h1,3,5-8,14,17H,2,4,9-13H2,(H,21,24)/t14-/m0/s1. The normalized spacial score (nSPS) is 21.0. The molecule has 5 heteroatoms. The van der Waals surface area contributed by atoms with Crippen LogP contribution < -0.4 is 5.32 Å². The zero-order valence-electron chi connectivity index (χ0n) is 13.7. The average Bonchev–Trinajstić information content (AvgIpc) is 3.09. The predicted molar refractivity (Wildman–Crippen MR) is 89.9 cm³/mol. The number of amides is 2. The van der Waals surface area contributed by atoms with Crippen LogP contribution in [0.2, 0.25) is 0 Å². The quantitative estimate of drug-likeness (QED) is 0.863. The topological polar surface area (TPSA) is 49.4 Å². The number of benzene rings is 1. The second-order valence-corrected chi connectivity index (χ2v) is 6.61. The first-order valence-corrected chi connectivity index (χ1v) is 8.62. The maximum absolute atomic E-state index is 12.9. The summed E-state index contributed by atoms with van der Waals surface area (Å²) in [5.41, 5.74) is 0.461. The molecule has 1 fully saturated rings. The van der Waals surface area contributed by atoms with Crippen LogP contribution in [0.4, 0.5) is 4.39 Å². The van der Waals surface area contributed by atoms with Crippen LogP contribution in [0.5, 0.6) is 0 Å². The van der Waals surface area contributed by atoms with Crippen molar-refractivity contribution in [3.8, 4) is 0 Å². The zero-order valence-corrected chi connectivity index (χ0v) is 13.7. The molecule has 4 nitrogen and oxygen atoms in total. The Balaban J connectivity index is 1.44. The first kappa shape index (κ1) is 16.7. The van der Waals surface area contributed by atoms with Gasteiger partial charge in [-0.1, -0.05) is 12.2 Å². The van der Waals surface area contributed by atoms with E-state index in [2.05, 4.69) is 17.5 Å². The molecule has 1 heterocycles. The molecule has 0 saturated carbocycles. The Morgan fingerprint density at radius 1 is 1.12 bits per heavy atom.